The molecule has 1 amide bonds. The molecule has 0 saturated carbocycles. The maximum atomic E-state index is 13.4. The van der Waals surface area contributed by atoms with Gasteiger partial charge in [-0.3, -0.25) is 4.79 Å². The minimum atomic E-state index is -0.597. The summed E-state index contributed by atoms with van der Waals surface area (Å²) in [5, 5.41) is 11.2. The molecule has 5 heteroatoms. The molecule has 15 heavy (non-hydrogen) atoms. The second-order valence-electron chi connectivity index (χ2n) is 3.16. The first kappa shape index (κ1) is 12.1. The SMILES string of the molecule is C[C@H](CO)NC(=O)c1cccc(Br)c1F. The number of hydrogen-bond acceptors (Lipinski definition) is 2. The molecule has 1 aromatic rings. The van der Waals surface area contributed by atoms with E-state index in [-0.39, 0.29) is 16.6 Å². The molecule has 0 aromatic heterocycles. The first-order valence-electron chi connectivity index (χ1n) is 4.42. The Balaban J connectivity index is 2.87. The second kappa shape index (κ2) is 5.23. The van der Waals surface area contributed by atoms with Gasteiger partial charge < -0.3 is 10.4 Å². The summed E-state index contributed by atoms with van der Waals surface area (Å²) in [4.78, 5) is 11.5. The molecule has 1 atom stereocenters. The number of aliphatic hydroxyl groups excluding tert-OH is 1. The second-order valence-corrected chi connectivity index (χ2v) is 4.01. The van der Waals surface area contributed by atoms with Crippen molar-refractivity contribution in [1.29, 1.82) is 0 Å². The van der Waals surface area contributed by atoms with E-state index >= 15 is 0 Å². The van der Waals surface area contributed by atoms with Crippen molar-refractivity contribution in [2.75, 3.05) is 6.61 Å². The number of hydrogen-bond donors (Lipinski definition) is 2. The molecule has 0 bridgehead atoms. The van der Waals surface area contributed by atoms with Gasteiger partial charge in [0.2, 0.25) is 0 Å². The molecule has 1 aromatic carbocycles. The van der Waals surface area contributed by atoms with E-state index in [9.17, 15) is 9.18 Å². The Morgan fingerprint density at radius 2 is 2.33 bits per heavy atom. The molecule has 0 spiro atoms. The summed E-state index contributed by atoms with van der Waals surface area (Å²) in [6, 6.07) is 4.09. The van der Waals surface area contributed by atoms with Crippen LogP contribution in [-0.2, 0) is 0 Å². The van der Waals surface area contributed by atoms with E-state index in [0.29, 0.717) is 0 Å². The van der Waals surface area contributed by atoms with Crippen LogP contribution in [0.3, 0.4) is 0 Å². The predicted octanol–water partition coefficient (Wildman–Crippen LogP) is 1.70. The lowest BCUT2D eigenvalue weighted by atomic mass is 10.2. The van der Waals surface area contributed by atoms with Gasteiger partial charge in [0.25, 0.3) is 5.91 Å². The first-order chi connectivity index (χ1) is 7.06. The molecule has 0 fully saturated rings. The van der Waals surface area contributed by atoms with Crippen molar-refractivity contribution in [3.05, 3.63) is 34.1 Å². The highest BCUT2D eigenvalue weighted by Gasteiger charge is 2.15. The number of carbonyl (C=O) groups is 1. The Morgan fingerprint density at radius 3 is 2.93 bits per heavy atom. The quantitative estimate of drug-likeness (QED) is 0.882. The molecule has 0 aliphatic carbocycles. The van der Waals surface area contributed by atoms with Gasteiger partial charge in [0.1, 0.15) is 5.82 Å². The van der Waals surface area contributed by atoms with Crippen LogP contribution >= 0.6 is 15.9 Å². The predicted molar refractivity (Wildman–Crippen MR) is 58.1 cm³/mol. The zero-order chi connectivity index (χ0) is 11.4. The van der Waals surface area contributed by atoms with Crippen molar-refractivity contribution >= 4 is 21.8 Å². The fourth-order valence-corrected chi connectivity index (χ4v) is 1.39. The third-order valence-electron chi connectivity index (χ3n) is 1.85. The molecular formula is C10H11BrFNO2. The van der Waals surface area contributed by atoms with E-state index in [2.05, 4.69) is 21.2 Å². The van der Waals surface area contributed by atoms with Crippen molar-refractivity contribution in [2.45, 2.75) is 13.0 Å². The van der Waals surface area contributed by atoms with E-state index in [0.717, 1.165) is 0 Å². The van der Waals surface area contributed by atoms with Gasteiger partial charge in [0.05, 0.1) is 16.6 Å². The van der Waals surface area contributed by atoms with Crippen LogP contribution in [0.25, 0.3) is 0 Å². The highest BCUT2D eigenvalue weighted by atomic mass is 79.9. The van der Waals surface area contributed by atoms with Crippen LogP contribution in [0.1, 0.15) is 17.3 Å². The van der Waals surface area contributed by atoms with Gasteiger partial charge >= 0.3 is 0 Å². The zero-order valence-corrected chi connectivity index (χ0v) is 9.71. The Kier molecular flexibility index (Phi) is 4.23. The number of carbonyl (C=O) groups excluding carboxylic acids is 1. The molecule has 0 unspecified atom stereocenters. The van der Waals surface area contributed by atoms with E-state index < -0.39 is 17.8 Å². The zero-order valence-electron chi connectivity index (χ0n) is 8.13. The van der Waals surface area contributed by atoms with Crippen molar-refractivity contribution in [3.8, 4) is 0 Å². The summed E-state index contributed by atoms with van der Waals surface area (Å²) in [6.07, 6.45) is 0. The molecule has 0 saturated heterocycles. The molecule has 82 valence electrons. The molecule has 0 heterocycles. The van der Waals surface area contributed by atoms with Crippen LogP contribution in [0.15, 0.2) is 22.7 Å². The minimum Gasteiger partial charge on any atom is -0.394 e. The van der Waals surface area contributed by atoms with E-state index in [1.165, 1.54) is 12.1 Å². The standard InChI is InChI=1S/C10H11BrFNO2/c1-6(5-14)13-10(15)7-3-2-4-8(11)9(7)12/h2-4,6,14H,5H2,1H3,(H,13,15)/t6-/m1/s1. The third-order valence-corrected chi connectivity index (χ3v) is 2.46. The van der Waals surface area contributed by atoms with Crippen LogP contribution in [0, 0.1) is 5.82 Å². The van der Waals surface area contributed by atoms with Crippen molar-refractivity contribution in [2.24, 2.45) is 0 Å². The molecular weight excluding hydrogens is 265 g/mol. The molecule has 1 rings (SSSR count). The lowest BCUT2D eigenvalue weighted by molar-refractivity contribution is 0.0918. The Hall–Kier alpha value is -0.940. The van der Waals surface area contributed by atoms with E-state index in [1.807, 2.05) is 0 Å². The smallest absolute Gasteiger partial charge is 0.254 e. The maximum Gasteiger partial charge on any atom is 0.254 e. The van der Waals surface area contributed by atoms with Crippen LogP contribution < -0.4 is 5.32 Å². The summed E-state index contributed by atoms with van der Waals surface area (Å²) >= 11 is 2.99. The number of aliphatic hydroxyl groups is 1. The Morgan fingerprint density at radius 1 is 1.67 bits per heavy atom. The van der Waals surface area contributed by atoms with Gasteiger partial charge in [-0.2, -0.15) is 0 Å². The normalized spacial score (nSPS) is 12.3. The number of nitrogens with one attached hydrogen (secondary N) is 1. The first-order valence-corrected chi connectivity index (χ1v) is 5.21. The van der Waals surface area contributed by atoms with Crippen molar-refractivity contribution in [1.82, 2.24) is 5.32 Å². The van der Waals surface area contributed by atoms with Crippen LogP contribution in [0.4, 0.5) is 4.39 Å². The third kappa shape index (κ3) is 3.00. The largest absolute Gasteiger partial charge is 0.394 e. The number of amides is 1. The number of benzene rings is 1. The summed E-state index contributed by atoms with van der Waals surface area (Å²) in [6.45, 7) is 1.45. The molecule has 2 N–H and O–H groups in total. The minimum absolute atomic E-state index is 0.0373. The summed E-state index contributed by atoms with van der Waals surface area (Å²) in [5.74, 6) is -1.13. The van der Waals surface area contributed by atoms with Crippen molar-refractivity contribution in [3.63, 3.8) is 0 Å². The average molecular weight is 276 g/mol. The van der Waals surface area contributed by atoms with Gasteiger partial charge in [-0.1, -0.05) is 6.07 Å². The monoisotopic (exact) mass is 275 g/mol. The van der Waals surface area contributed by atoms with Gasteiger partial charge in [-0.05, 0) is 35.0 Å². The molecule has 0 aliphatic heterocycles. The summed E-state index contributed by atoms with van der Waals surface area (Å²) < 4.78 is 13.7. The lowest BCUT2D eigenvalue weighted by Crippen LogP contribution is -2.35. The summed E-state index contributed by atoms with van der Waals surface area (Å²) in [7, 11) is 0. The topological polar surface area (TPSA) is 49.3 Å². The van der Waals surface area contributed by atoms with Gasteiger partial charge in [-0.15, -0.1) is 0 Å². The molecule has 0 aliphatic rings. The molecule has 3 nitrogen and oxygen atoms in total. The highest BCUT2D eigenvalue weighted by molar-refractivity contribution is 9.10. The van der Waals surface area contributed by atoms with Crippen molar-refractivity contribution < 1.29 is 14.3 Å². The molecule has 0 radical (unpaired) electrons. The highest BCUT2D eigenvalue weighted by Crippen LogP contribution is 2.18. The van der Waals surface area contributed by atoms with E-state index in [4.69, 9.17) is 5.11 Å². The Labute approximate surface area is 95.4 Å². The van der Waals surface area contributed by atoms with Gasteiger partial charge in [0.15, 0.2) is 0 Å². The van der Waals surface area contributed by atoms with Gasteiger partial charge in [0, 0.05) is 6.04 Å². The number of rotatable bonds is 3. The average Bonchev–Trinajstić information content (AvgIpc) is 2.21. The van der Waals surface area contributed by atoms with Gasteiger partial charge in [-0.25, -0.2) is 4.39 Å². The summed E-state index contributed by atoms with van der Waals surface area (Å²) in [5.41, 5.74) is -0.0373. The van der Waals surface area contributed by atoms with Crippen LogP contribution in [0.5, 0.6) is 0 Å². The Bertz CT molecular complexity index is 370. The van der Waals surface area contributed by atoms with Crippen LogP contribution in [0.2, 0.25) is 0 Å². The fourth-order valence-electron chi connectivity index (χ4n) is 1.03. The lowest BCUT2D eigenvalue weighted by Gasteiger charge is -2.11. The van der Waals surface area contributed by atoms with E-state index in [1.54, 1.807) is 13.0 Å². The fraction of sp³-hybridized carbons (Fsp3) is 0.300. The number of halogens is 2. The van der Waals surface area contributed by atoms with Crippen LogP contribution in [-0.4, -0.2) is 23.7 Å². The maximum absolute atomic E-state index is 13.4.